The minimum atomic E-state index is -1.79. The molecule has 0 rings (SSSR count). The first kappa shape index (κ1) is 18.4. The largest absolute Gasteiger partial charge is 0.412 e. The maximum absolute atomic E-state index is 9.50. The van der Waals surface area contributed by atoms with Gasteiger partial charge in [-0.25, -0.2) is 0 Å². The third-order valence-corrected chi connectivity index (χ3v) is 9.83. The van der Waals surface area contributed by atoms with Crippen molar-refractivity contribution in [2.24, 2.45) is 0 Å². The zero-order valence-corrected chi connectivity index (χ0v) is 14.5. The molecular weight excluding hydrogens is 252 g/mol. The third-order valence-electron chi connectivity index (χ3n) is 3.75. The molecular formula is C16H30O2Si. The van der Waals surface area contributed by atoms with Gasteiger partial charge in [-0.1, -0.05) is 53.5 Å². The van der Waals surface area contributed by atoms with Gasteiger partial charge in [-0.3, -0.25) is 0 Å². The molecule has 0 radical (unpaired) electrons. The van der Waals surface area contributed by atoms with E-state index in [4.69, 9.17) is 4.43 Å². The highest BCUT2D eigenvalue weighted by Gasteiger charge is 2.44. The van der Waals surface area contributed by atoms with Gasteiger partial charge in [-0.2, -0.15) is 0 Å². The predicted molar refractivity (Wildman–Crippen MR) is 85.6 cm³/mol. The fourth-order valence-corrected chi connectivity index (χ4v) is 8.46. The van der Waals surface area contributed by atoms with Crippen molar-refractivity contribution in [1.29, 1.82) is 0 Å². The van der Waals surface area contributed by atoms with Crippen molar-refractivity contribution in [3.05, 3.63) is 12.2 Å². The van der Waals surface area contributed by atoms with Crippen LogP contribution in [0.1, 0.15) is 48.5 Å². The normalized spacial score (nSPS) is 14.3. The maximum atomic E-state index is 9.50. The lowest BCUT2D eigenvalue weighted by Crippen LogP contribution is -2.47. The molecule has 0 saturated heterocycles. The fourth-order valence-electron chi connectivity index (χ4n) is 3.07. The lowest BCUT2D eigenvalue weighted by Gasteiger charge is -2.41. The maximum Gasteiger partial charge on any atom is 0.200 e. The first-order valence-corrected chi connectivity index (χ1v) is 9.34. The van der Waals surface area contributed by atoms with Crippen molar-refractivity contribution in [2.75, 3.05) is 6.61 Å². The van der Waals surface area contributed by atoms with Gasteiger partial charge < -0.3 is 9.53 Å². The molecule has 0 unspecified atom stereocenters. The van der Waals surface area contributed by atoms with E-state index < -0.39 is 14.4 Å². The molecule has 1 atom stereocenters. The molecule has 0 heterocycles. The van der Waals surface area contributed by atoms with Crippen molar-refractivity contribution in [2.45, 2.75) is 71.2 Å². The van der Waals surface area contributed by atoms with Crippen molar-refractivity contribution < 1.29 is 9.53 Å². The Bertz CT molecular complexity index is 313. The van der Waals surface area contributed by atoms with Crippen LogP contribution in [-0.2, 0) is 4.43 Å². The Balaban J connectivity index is 4.72. The lowest BCUT2D eigenvalue weighted by molar-refractivity contribution is 0.276. The summed E-state index contributed by atoms with van der Waals surface area (Å²) in [5.41, 5.74) is 1.75. The van der Waals surface area contributed by atoms with E-state index in [2.05, 4.69) is 53.4 Å². The van der Waals surface area contributed by atoms with E-state index in [1.54, 1.807) is 13.0 Å². The second-order valence-corrected chi connectivity index (χ2v) is 11.4. The molecule has 0 spiro atoms. The summed E-state index contributed by atoms with van der Waals surface area (Å²) in [5, 5.41) is 9.50. The van der Waals surface area contributed by atoms with E-state index in [-0.39, 0.29) is 0 Å². The zero-order chi connectivity index (χ0) is 15.1. The molecule has 0 amide bonds. The van der Waals surface area contributed by atoms with Gasteiger partial charge in [0.2, 0.25) is 8.32 Å². The lowest BCUT2D eigenvalue weighted by atomic mass is 10.3. The summed E-state index contributed by atoms with van der Waals surface area (Å²) in [6, 6.07) is 0. The molecule has 1 N–H and O–H groups in total. The predicted octanol–water partition coefficient (Wildman–Crippen LogP) is 4.12. The number of aliphatic hydroxyl groups excluding tert-OH is 1. The van der Waals surface area contributed by atoms with Crippen LogP contribution in [0.2, 0.25) is 16.6 Å². The van der Waals surface area contributed by atoms with Crippen LogP contribution in [0.3, 0.4) is 0 Å². The molecule has 0 saturated carbocycles. The monoisotopic (exact) mass is 282 g/mol. The highest BCUT2D eigenvalue weighted by Crippen LogP contribution is 2.42. The number of hydrogen-bond acceptors (Lipinski definition) is 2. The Morgan fingerprint density at radius 3 is 1.89 bits per heavy atom. The molecule has 0 aromatic heterocycles. The Morgan fingerprint density at radius 1 is 1.05 bits per heavy atom. The smallest absolute Gasteiger partial charge is 0.200 e. The minimum Gasteiger partial charge on any atom is -0.412 e. The van der Waals surface area contributed by atoms with E-state index in [0.717, 1.165) is 0 Å². The second-order valence-electron chi connectivity index (χ2n) is 5.90. The molecule has 0 aliphatic carbocycles. The van der Waals surface area contributed by atoms with Gasteiger partial charge in [0, 0.05) is 0 Å². The molecule has 3 heteroatoms. The standard InChI is InChI=1S/C16H30O2Si/c1-8-10-16(17)11-9-12-18-19(13(2)3,14(4)5)15(6)7/h9,11,13-17H,12H2,1-7H3/b11-9+/t16-/m0/s1. The Morgan fingerprint density at radius 2 is 1.53 bits per heavy atom. The molecule has 2 nitrogen and oxygen atoms in total. The van der Waals surface area contributed by atoms with E-state index in [0.29, 0.717) is 23.2 Å². The summed E-state index contributed by atoms with van der Waals surface area (Å²) < 4.78 is 6.34. The fraction of sp³-hybridized carbons (Fsp3) is 0.750. The van der Waals surface area contributed by atoms with Crippen LogP contribution < -0.4 is 0 Å². The van der Waals surface area contributed by atoms with Gasteiger partial charge in [0.05, 0.1) is 6.61 Å². The Labute approximate surface area is 120 Å². The van der Waals surface area contributed by atoms with Gasteiger partial charge in [0.15, 0.2) is 0 Å². The van der Waals surface area contributed by atoms with Crippen LogP contribution >= 0.6 is 0 Å². The molecule has 0 aliphatic heterocycles. The molecule has 110 valence electrons. The number of rotatable bonds is 7. The van der Waals surface area contributed by atoms with Crippen LogP contribution in [0.4, 0.5) is 0 Å². The van der Waals surface area contributed by atoms with Crippen molar-refractivity contribution in [3.8, 4) is 11.8 Å². The quantitative estimate of drug-likeness (QED) is 0.432. The van der Waals surface area contributed by atoms with Crippen LogP contribution in [0.25, 0.3) is 0 Å². The van der Waals surface area contributed by atoms with Crippen molar-refractivity contribution >= 4 is 8.32 Å². The average Bonchev–Trinajstić information content (AvgIpc) is 2.27. The van der Waals surface area contributed by atoms with Gasteiger partial charge in [-0.15, -0.1) is 5.92 Å². The van der Waals surface area contributed by atoms with Crippen molar-refractivity contribution in [3.63, 3.8) is 0 Å². The third kappa shape index (κ3) is 5.14. The summed E-state index contributed by atoms with van der Waals surface area (Å²) in [6.45, 7) is 15.9. The van der Waals surface area contributed by atoms with Crippen LogP contribution in [0, 0.1) is 11.8 Å². The van der Waals surface area contributed by atoms with Gasteiger partial charge >= 0.3 is 0 Å². The molecule has 0 aromatic carbocycles. The van der Waals surface area contributed by atoms with E-state index in [1.807, 2.05) is 6.08 Å². The van der Waals surface area contributed by atoms with Gasteiger partial charge in [-0.05, 0) is 29.6 Å². The summed E-state index contributed by atoms with van der Waals surface area (Å²) in [5.74, 6) is 5.38. The molecule has 0 aliphatic rings. The summed E-state index contributed by atoms with van der Waals surface area (Å²) >= 11 is 0. The minimum absolute atomic E-state index is 0.573. The van der Waals surface area contributed by atoms with Crippen LogP contribution in [0.5, 0.6) is 0 Å². The second kappa shape index (κ2) is 8.58. The summed E-state index contributed by atoms with van der Waals surface area (Å²) in [7, 11) is -1.79. The summed E-state index contributed by atoms with van der Waals surface area (Å²) in [4.78, 5) is 0. The van der Waals surface area contributed by atoms with E-state index in [9.17, 15) is 5.11 Å². The Hall–Kier alpha value is -0.563. The van der Waals surface area contributed by atoms with E-state index >= 15 is 0 Å². The first-order chi connectivity index (χ1) is 8.78. The van der Waals surface area contributed by atoms with Crippen molar-refractivity contribution in [1.82, 2.24) is 0 Å². The zero-order valence-electron chi connectivity index (χ0n) is 13.5. The molecule has 0 aromatic rings. The molecule has 0 bridgehead atoms. The van der Waals surface area contributed by atoms with E-state index in [1.165, 1.54) is 0 Å². The SMILES string of the molecule is CC#C[C@H](O)/C=C/CO[Si](C(C)C)(C(C)C)C(C)C. The van der Waals surface area contributed by atoms with Crippen LogP contribution in [-0.4, -0.2) is 26.1 Å². The highest BCUT2D eigenvalue weighted by atomic mass is 28.4. The molecule has 0 fully saturated rings. The number of hydrogen-bond donors (Lipinski definition) is 1. The van der Waals surface area contributed by atoms with Crippen LogP contribution in [0.15, 0.2) is 12.2 Å². The Kier molecular flexibility index (Phi) is 8.32. The van der Waals surface area contributed by atoms with Gasteiger partial charge in [0.25, 0.3) is 0 Å². The highest BCUT2D eigenvalue weighted by molar-refractivity contribution is 6.77. The number of aliphatic hydroxyl groups is 1. The first-order valence-electron chi connectivity index (χ1n) is 7.19. The average molecular weight is 282 g/mol. The molecule has 19 heavy (non-hydrogen) atoms. The topological polar surface area (TPSA) is 29.5 Å². The summed E-state index contributed by atoms with van der Waals surface area (Å²) in [6.07, 6.45) is 2.92. The van der Waals surface area contributed by atoms with Gasteiger partial charge in [0.1, 0.15) is 6.10 Å².